The third-order valence-corrected chi connectivity index (χ3v) is 4.79. The Kier molecular flexibility index (Phi) is 5.99. The molecule has 2 aromatic carbocycles. The number of hydrogen-bond donors (Lipinski definition) is 2. The Balaban J connectivity index is 1.58. The van der Waals surface area contributed by atoms with Crippen molar-refractivity contribution in [3.8, 4) is 0 Å². The summed E-state index contributed by atoms with van der Waals surface area (Å²) in [6.07, 6.45) is 1.34. The van der Waals surface area contributed by atoms with Crippen molar-refractivity contribution < 1.29 is 14.4 Å². The minimum atomic E-state index is -0.362. The highest BCUT2D eigenvalue weighted by atomic mass is 35.5. The van der Waals surface area contributed by atoms with E-state index in [4.69, 9.17) is 11.6 Å². The molecule has 1 aliphatic rings. The highest BCUT2D eigenvalue weighted by molar-refractivity contribution is 6.34. The number of aryl methyl sites for hydroxylation is 2. The maximum absolute atomic E-state index is 12.2. The molecule has 1 fully saturated rings. The van der Waals surface area contributed by atoms with Gasteiger partial charge >= 0.3 is 0 Å². The number of hydrogen-bond acceptors (Lipinski definition) is 3. The Morgan fingerprint density at radius 1 is 1.11 bits per heavy atom. The molecule has 1 aliphatic heterocycles. The van der Waals surface area contributed by atoms with Crippen LogP contribution < -0.4 is 15.5 Å². The maximum Gasteiger partial charge on any atom is 0.251 e. The molecule has 2 N–H and O–H groups in total. The Bertz CT molecular complexity index is 922. The number of amides is 3. The lowest BCUT2D eigenvalue weighted by molar-refractivity contribution is -0.117. The molecule has 0 saturated carbocycles. The van der Waals surface area contributed by atoms with Crippen molar-refractivity contribution in [2.45, 2.75) is 26.7 Å². The molecule has 28 heavy (non-hydrogen) atoms. The molecule has 0 radical (unpaired) electrons. The number of benzene rings is 2. The lowest BCUT2D eigenvalue weighted by atomic mass is 10.1. The van der Waals surface area contributed by atoms with E-state index in [9.17, 15) is 14.4 Å². The Hall–Kier alpha value is -2.86. The average molecular weight is 400 g/mol. The summed E-state index contributed by atoms with van der Waals surface area (Å²) in [6, 6.07) is 10.5. The normalized spacial score (nSPS) is 13.5. The van der Waals surface area contributed by atoms with Crippen LogP contribution in [0.15, 0.2) is 36.4 Å². The van der Waals surface area contributed by atoms with E-state index in [1.165, 1.54) is 0 Å². The second-order valence-electron chi connectivity index (χ2n) is 6.92. The molecule has 7 heteroatoms. The monoisotopic (exact) mass is 399 g/mol. The van der Waals surface area contributed by atoms with Gasteiger partial charge in [0, 0.05) is 24.2 Å². The molecular weight excluding hydrogens is 378 g/mol. The largest absolute Gasteiger partial charge is 0.343 e. The SMILES string of the molecule is Cc1cc(C)cc(C(=O)NCC(=O)Nc2ccc(N3CCCC3=O)c(Cl)c2)c1. The van der Waals surface area contributed by atoms with Gasteiger partial charge in [-0.15, -0.1) is 0 Å². The van der Waals surface area contributed by atoms with E-state index in [1.54, 1.807) is 35.2 Å². The van der Waals surface area contributed by atoms with Crippen LogP contribution in [-0.4, -0.2) is 30.8 Å². The van der Waals surface area contributed by atoms with E-state index in [0.29, 0.717) is 34.9 Å². The number of nitrogens with zero attached hydrogens (tertiary/aromatic N) is 1. The van der Waals surface area contributed by atoms with Gasteiger partial charge in [-0.1, -0.05) is 28.8 Å². The zero-order chi connectivity index (χ0) is 20.3. The van der Waals surface area contributed by atoms with Gasteiger partial charge in [0.15, 0.2) is 0 Å². The summed E-state index contributed by atoms with van der Waals surface area (Å²) in [7, 11) is 0. The predicted octanol–water partition coefficient (Wildman–Crippen LogP) is 3.45. The van der Waals surface area contributed by atoms with Crippen molar-refractivity contribution in [2.24, 2.45) is 0 Å². The minimum absolute atomic E-state index is 0.0489. The first kappa shape index (κ1) is 19.9. The zero-order valence-corrected chi connectivity index (χ0v) is 16.6. The van der Waals surface area contributed by atoms with Crippen molar-refractivity contribution in [1.82, 2.24) is 5.32 Å². The number of nitrogens with one attached hydrogen (secondary N) is 2. The van der Waals surface area contributed by atoms with Crippen LogP contribution in [0.1, 0.15) is 34.3 Å². The molecule has 0 atom stereocenters. The smallest absolute Gasteiger partial charge is 0.251 e. The van der Waals surface area contributed by atoms with Gasteiger partial charge in [-0.05, 0) is 50.6 Å². The highest BCUT2D eigenvalue weighted by Crippen LogP contribution is 2.31. The molecule has 0 spiro atoms. The topological polar surface area (TPSA) is 78.5 Å². The summed E-state index contributed by atoms with van der Waals surface area (Å²) in [4.78, 5) is 37.9. The number of anilines is 2. The third kappa shape index (κ3) is 4.70. The molecule has 1 heterocycles. The predicted molar refractivity (Wildman–Crippen MR) is 110 cm³/mol. The molecule has 6 nitrogen and oxygen atoms in total. The average Bonchev–Trinajstić information content (AvgIpc) is 3.04. The molecule has 2 aromatic rings. The van der Waals surface area contributed by atoms with Crippen LogP contribution in [0.4, 0.5) is 11.4 Å². The third-order valence-electron chi connectivity index (χ3n) is 4.49. The van der Waals surface area contributed by atoms with Crippen LogP contribution in [0.25, 0.3) is 0 Å². The van der Waals surface area contributed by atoms with Crippen molar-refractivity contribution in [3.05, 3.63) is 58.1 Å². The fourth-order valence-corrected chi connectivity index (χ4v) is 3.56. The molecule has 0 unspecified atom stereocenters. The lowest BCUT2D eigenvalue weighted by Gasteiger charge is -2.18. The summed E-state index contributed by atoms with van der Waals surface area (Å²) in [5, 5.41) is 5.71. The maximum atomic E-state index is 12.2. The van der Waals surface area contributed by atoms with Gasteiger partial charge in [0.05, 0.1) is 17.3 Å². The Morgan fingerprint density at radius 2 is 1.82 bits per heavy atom. The summed E-state index contributed by atoms with van der Waals surface area (Å²) in [5.41, 5.74) is 3.64. The standard InChI is InChI=1S/C21H22ClN3O3/c1-13-8-14(2)10-15(9-13)21(28)23-12-19(26)24-16-5-6-18(17(22)11-16)25-7-3-4-20(25)27/h5-6,8-11H,3-4,7,12H2,1-2H3,(H,23,28)(H,24,26). The van der Waals surface area contributed by atoms with Crippen molar-refractivity contribution in [2.75, 3.05) is 23.3 Å². The van der Waals surface area contributed by atoms with Gasteiger partial charge < -0.3 is 15.5 Å². The summed E-state index contributed by atoms with van der Waals surface area (Å²) >= 11 is 6.28. The van der Waals surface area contributed by atoms with E-state index in [2.05, 4.69) is 10.6 Å². The number of carbonyl (C=O) groups excluding carboxylic acids is 3. The van der Waals surface area contributed by atoms with Gasteiger partial charge in [0.2, 0.25) is 11.8 Å². The second-order valence-corrected chi connectivity index (χ2v) is 7.33. The van der Waals surface area contributed by atoms with Crippen molar-refractivity contribution in [3.63, 3.8) is 0 Å². The van der Waals surface area contributed by atoms with Crippen molar-refractivity contribution in [1.29, 1.82) is 0 Å². The van der Waals surface area contributed by atoms with Crippen LogP contribution in [0.3, 0.4) is 0 Å². The molecule has 0 aromatic heterocycles. The fraction of sp³-hybridized carbons (Fsp3) is 0.286. The van der Waals surface area contributed by atoms with Gasteiger partial charge in [-0.3, -0.25) is 14.4 Å². The first-order chi connectivity index (χ1) is 13.3. The number of carbonyl (C=O) groups is 3. The van der Waals surface area contributed by atoms with Crippen LogP contribution >= 0.6 is 11.6 Å². The quantitative estimate of drug-likeness (QED) is 0.808. The molecule has 146 valence electrons. The van der Waals surface area contributed by atoms with Gasteiger partial charge in [-0.2, -0.15) is 0 Å². The fourth-order valence-electron chi connectivity index (χ4n) is 3.28. The van der Waals surface area contributed by atoms with Crippen LogP contribution in [0.5, 0.6) is 0 Å². The van der Waals surface area contributed by atoms with Gasteiger partial charge in [-0.25, -0.2) is 0 Å². The van der Waals surface area contributed by atoms with Crippen molar-refractivity contribution >= 4 is 40.7 Å². The molecule has 0 bridgehead atoms. The van der Waals surface area contributed by atoms with Crippen LogP contribution in [0, 0.1) is 13.8 Å². The molecule has 0 aliphatic carbocycles. The van der Waals surface area contributed by atoms with Gasteiger partial charge in [0.1, 0.15) is 0 Å². The minimum Gasteiger partial charge on any atom is -0.343 e. The molecule has 3 rings (SSSR count). The first-order valence-corrected chi connectivity index (χ1v) is 9.47. The van der Waals surface area contributed by atoms with Gasteiger partial charge in [0.25, 0.3) is 5.91 Å². The van der Waals surface area contributed by atoms with E-state index in [1.807, 2.05) is 19.9 Å². The summed E-state index contributed by atoms with van der Waals surface area (Å²) in [5.74, 6) is -0.616. The molecular formula is C21H22ClN3O3. The van der Waals surface area contributed by atoms with Crippen LogP contribution in [0.2, 0.25) is 5.02 Å². The Labute approximate surface area is 168 Å². The second kappa shape index (κ2) is 8.44. The number of rotatable bonds is 5. The van der Waals surface area contributed by atoms with E-state index in [0.717, 1.165) is 17.5 Å². The van der Waals surface area contributed by atoms with E-state index >= 15 is 0 Å². The van der Waals surface area contributed by atoms with E-state index in [-0.39, 0.29) is 24.3 Å². The number of halogens is 1. The molecule has 1 saturated heterocycles. The summed E-state index contributed by atoms with van der Waals surface area (Å²) in [6.45, 7) is 4.32. The molecule has 3 amide bonds. The summed E-state index contributed by atoms with van der Waals surface area (Å²) < 4.78 is 0. The zero-order valence-electron chi connectivity index (χ0n) is 15.8. The Morgan fingerprint density at radius 3 is 2.43 bits per heavy atom. The first-order valence-electron chi connectivity index (χ1n) is 9.10. The van der Waals surface area contributed by atoms with Crippen LogP contribution in [-0.2, 0) is 9.59 Å². The van der Waals surface area contributed by atoms with E-state index < -0.39 is 0 Å². The highest BCUT2D eigenvalue weighted by Gasteiger charge is 2.23. The lowest BCUT2D eigenvalue weighted by Crippen LogP contribution is -2.33.